The molecule has 3 rings (SSSR count). The molecule has 2 aromatic rings. The molecule has 1 aromatic carbocycles. The van der Waals surface area contributed by atoms with Crippen LogP contribution in [-0.4, -0.2) is 40.0 Å². The van der Waals surface area contributed by atoms with E-state index in [0.717, 1.165) is 24.8 Å². The van der Waals surface area contributed by atoms with Crippen LogP contribution in [0.5, 0.6) is 0 Å². The first-order chi connectivity index (χ1) is 12.5. The highest BCUT2D eigenvalue weighted by molar-refractivity contribution is 7.89. The normalized spacial score (nSPS) is 17.4. The first-order valence-electron chi connectivity index (χ1n) is 9.17. The van der Waals surface area contributed by atoms with E-state index in [1.165, 1.54) is 4.31 Å². The number of imidazole rings is 1. The van der Waals surface area contributed by atoms with Gasteiger partial charge in [0, 0.05) is 18.8 Å². The molecule has 1 N–H and O–H groups in total. The standard InChI is InChI=1S/C19H27N3O3S/c1-3-15(2)21-12-19(20-14-21)26(24,25)22(18(13-23)17-9-10-17)11-16-7-5-4-6-8-16/h4-8,12,14-15,17-18,23H,3,9-11,13H2,1-2H3/t15-,18+/m0/s1. The lowest BCUT2D eigenvalue weighted by Crippen LogP contribution is -2.43. The van der Waals surface area contributed by atoms with Crippen LogP contribution in [0.1, 0.15) is 44.7 Å². The van der Waals surface area contributed by atoms with Crippen molar-refractivity contribution in [3.8, 4) is 0 Å². The number of benzene rings is 1. The zero-order valence-electron chi connectivity index (χ0n) is 15.3. The first kappa shape index (κ1) is 19.1. The van der Waals surface area contributed by atoms with Gasteiger partial charge in [0.05, 0.1) is 19.0 Å². The van der Waals surface area contributed by atoms with Crippen molar-refractivity contribution in [1.82, 2.24) is 13.9 Å². The van der Waals surface area contributed by atoms with E-state index < -0.39 is 16.1 Å². The van der Waals surface area contributed by atoms with Crippen molar-refractivity contribution in [3.05, 3.63) is 48.4 Å². The van der Waals surface area contributed by atoms with Gasteiger partial charge in [0.15, 0.2) is 5.03 Å². The minimum Gasteiger partial charge on any atom is -0.395 e. The lowest BCUT2D eigenvalue weighted by molar-refractivity contribution is 0.166. The molecule has 0 unspecified atom stereocenters. The van der Waals surface area contributed by atoms with Crippen LogP contribution in [0.15, 0.2) is 47.9 Å². The molecule has 1 fully saturated rings. The molecule has 1 saturated carbocycles. The van der Waals surface area contributed by atoms with Crippen LogP contribution < -0.4 is 0 Å². The Morgan fingerprint density at radius 2 is 2.00 bits per heavy atom. The van der Waals surface area contributed by atoms with Gasteiger partial charge in [-0.3, -0.25) is 0 Å². The quantitative estimate of drug-likeness (QED) is 0.729. The van der Waals surface area contributed by atoms with Gasteiger partial charge in [0.2, 0.25) is 0 Å². The third kappa shape index (κ3) is 4.00. The molecule has 26 heavy (non-hydrogen) atoms. The van der Waals surface area contributed by atoms with Gasteiger partial charge in [-0.15, -0.1) is 0 Å². The number of hydrogen-bond donors (Lipinski definition) is 1. The van der Waals surface area contributed by atoms with Gasteiger partial charge >= 0.3 is 0 Å². The van der Waals surface area contributed by atoms with Gasteiger partial charge in [-0.2, -0.15) is 4.31 Å². The molecule has 0 aliphatic heterocycles. The van der Waals surface area contributed by atoms with E-state index >= 15 is 0 Å². The Bertz CT molecular complexity index is 816. The Morgan fingerprint density at radius 3 is 2.58 bits per heavy atom. The SMILES string of the molecule is CC[C@H](C)n1cnc(S(=O)(=O)N(Cc2ccccc2)[C@H](CO)C2CC2)c1. The monoisotopic (exact) mass is 377 g/mol. The summed E-state index contributed by atoms with van der Waals surface area (Å²) in [6.07, 6.45) is 5.97. The van der Waals surface area contributed by atoms with Crippen LogP contribution in [0, 0.1) is 5.92 Å². The highest BCUT2D eigenvalue weighted by Crippen LogP contribution is 2.37. The summed E-state index contributed by atoms with van der Waals surface area (Å²) in [5, 5.41) is 9.94. The molecule has 1 aromatic heterocycles. The minimum atomic E-state index is -3.80. The molecule has 1 aliphatic carbocycles. The predicted molar refractivity (Wildman–Crippen MR) is 100.0 cm³/mol. The second kappa shape index (κ2) is 7.90. The van der Waals surface area contributed by atoms with Gasteiger partial charge in [-0.1, -0.05) is 37.3 Å². The van der Waals surface area contributed by atoms with E-state index in [1.54, 1.807) is 12.5 Å². The molecule has 142 valence electrons. The van der Waals surface area contributed by atoms with E-state index in [1.807, 2.05) is 41.8 Å². The van der Waals surface area contributed by atoms with Gasteiger partial charge < -0.3 is 9.67 Å². The lowest BCUT2D eigenvalue weighted by atomic mass is 10.1. The number of rotatable bonds is 9. The second-order valence-electron chi connectivity index (χ2n) is 7.04. The molecule has 6 nitrogen and oxygen atoms in total. The third-order valence-corrected chi connectivity index (χ3v) is 6.91. The molecule has 0 saturated heterocycles. The van der Waals surface area contributed by atoms with Gasteiger partial charge in [-0.25, -0.2) is 13.4 Å². The van der Waals surface area contributed by atoms with E-state index in [-0.39, 0.29) is 30.1 Å². The number of aliphatic hydroxyl groups excluding tert-OH is 1. The van der Waals surface area contributed by atoms with Crippen LogP contribution in [0.25, 0.3) is 0 Å². The van der Waals surface area contributed by atoms with Crippen molar-refractivity contribution < 1.29 is 13.5 Å². The summed E-state index contributed by atoms with van der Waals surface area (Å²) < 4.78 is 29.9. The van der Waals surface area contributed by atoms with Crippen molar-refractivity contribution in [1.29, 1.82) is 0 Å². The van der Waals surface area contributed by atoms with Crippen molar-refractivity contribution in [2.24, 2.45) is 5.92 Å². The van der Waals surface area contributed by atoms with Crippen LogP contribution in [0.4, 0.5) is 0 Å². The largest absolute Gasteiger partial charge is 0.395 e. The van der Waals surface area contributed by atoms with E-state index in [0.29, 0.717) is 0 Å². The molecule has 0 amide bonds. The Balaban J connectivity index is 1.95. The smallest absolute Gasteiger partial charge is 0.262 e. The van der Waals surface area contributed by atoms with Crippen LogP contribution in [-0.2, 0) is 16.6 Å². The zero-order valence-corrected chi connectivity index (χ0v) is 16.1. The maximum absolute atomic E-state index is 13.3. The number of hydrogen-bond acceptors (Lipinski definition) is 4. The highest BCUT2D eigenvalue weighted by Gasteiger charge is 2.41. The molecular weight excluding hydrogens is 350 g/mol. The molecule has 0 bridgehead atoms. The maximum Gasteiger partial charge on any atom is 0.262 e. The van der Waals surface area contributed by atoms with Crippen LogP contribution >= 0.6 is 0 Å². The Kier molecular flexibility index (Phi) is 5.79. The Morgan fingerprint density at radius 1 is 1.31 bits per heavy atom. The molecule has 0 radical (unpaired) electrons. The van der Waals surface area contributed by atoms with Crippen LogP contribution in [0.2, 0.25) is 0 Å². The van der Waals surface area contributed by atoms with Crippen molar-refractivity contribution in [2.75, 3.05) is 6.61 Å². The van der Waals surface area contributed by atoms with Crippen LogP contribution in [0.3, 0.4) is 0 Å². The molecular formula is C19H27N3O3S. The predicted octanol–water partition coefficient (Wildman–Crippen LogP) is 2.82. The van der Waals surface area contributed by atoms with Gasteiger partial charge in [-0.05, 0) is 37.7 Å². The van der Waals surface area contributed by atoms with E-state index in [4.69, 9.17) is 0 Å². The summed E-state index contributed by atoms with van der Waals surface area (Å²) in [4.78, 5) is 4.17. The molecule has 1 aliphatic rings. The third-order valence-electron chi connectivity index (χ3n) is 5.15. The zero-order chi connectivity index (χ0) is 18.7. The Labute approximate surface area is 155 Å². The van der Waals surface area contributed by atoms with Gasteiger partial charge in [0.25, 0.3) is 10.0 Å². The topological polar surface area (TPSA) is 75.4 Å². The fourth-order valence-electron chi connectivity index (χ4n) is 3.12. The molecule has 2 atom stereocenters. The van der Waals surface area contributed by atoms with E-state index in [9.17, 15) is 13.5 Å². The number of aliphatic hydroxyl groups is 1. The summed E-state index contributed by atoms with van der Waals surface area (Å²) in [6, 6.07) is 9.27. The lowest BCUT2D eigenvalue weighted by Gasteiger charge is -2.29. The van der Waals surface area contributed by atoms with Crippen molar-refractivity contribution >= 4 is 10.0 Å². The summed E-state index contributed by atoms with van der Waals surface area (Å²) in [5.74, 6) is 0.218. The first-order valence-corrected chi connectivity index (χ1v) is 10.6. The summed E-state index contributed by atoms with van der Waals surface area (Å²) in [7, 11) is -3.80. The second-order valence-corrected chi connectivity index (χ2v) is 8.88. The molecule has 0 spiro atoms. The fourth-order valence-corrected chi connectivity index (χ4v) is 4.71. The Hall–Kier alpha value is -1.70. The van der Waals surface area contributed by atoms with Crippen molar-refractivity contribution in [3.63, 3.8) is 0 Å². The number of aromatic nitrogens is 2. The van der Waals surface area contributed by atoms with Gasteiger partial charge in [0.1, 0.15) is 0 Å². The maximum atomic E-state index is 13.3. The number of nitrogens with zero attached hydrogens (tertiary/aromatic N) is 3. The minimum absolute atomic E-state index is 0.0489. The summed E-state index contributed by atoms with van der Waals surface area (Å²) in [6.45, 7) is 4.14. The fraction of sp³-hybridized carbons (Fsp3) is 0.526. The average molecular weight is 378 g/mol. The average Bonchev–Trinajstić information content (AvgIpc) is 3.35. The summed E-state index contributed by atoms with van der Waals surface area (Å²) >= 11 is 0. The number of sulfonamides is 1. The molecule has 1 heterocycles. The summed E-state index contributed by atoms with van der Waals surface area (Å²) in [5.41, 5.74) is 0.900. The van der Waals surface area contributed by atoms with E-state index in [2.05, 4.69) is 11.9 Å². The highest BCUT2D eigenvalue weighted by atomic mass is 32.2. The molecule has 7 heteroatoms. The van der Waals surface area contributed by atoms with Crippen molar-refractivity contribution in [2.45, 2.75) is 56.8 Å².